The smallest absolute Gasteiger partial charge is 0.0900 e. The Hall–Kier alpha value is -4.03. The molecule has 0 amide bonds. The van der Waals surface area contributed by atoms with Gasteiger partial charge in [-0.05, 0) is 74.2 Å². The van der Waals surface area contributed by atoms with Crippen molar-refractivity contribution >= 4 is 22.4 Å². The van der Waals surface area contributed by atoms with Gasteiger partial charge in [-0.25, -0.2) is 4.98 Å². The second kappa shape index (κ2) is 11.0. The summed E-state index contributed by atoms with van der Waals surface area (Å²) in [5.74, 6) is 0.689. The Morgan fingerprint density at radius 1 is 0.974 bits per heavy atom. The highest BCUT2D eigenvalue weighted by molar-refractivity contribution is 5.84. The second-order valence-electron chi connectivity index (χ2n) is 11.1. The molecule has 0 unspecified atom stereocenters. The first-order valence-corrected chi connectivity index (χ1v) is 14.0. The van der Waals surface area contributed by atoms with Crippen LogP contribution < -0.4 is 10.7 Å². The maximum Gasteiger partial charge on any atom is 0.0900 e. The van der Waals surface area contributed by atoms with E-state index >= 15 is 0 Å². The van der Waals surface area contributed by atoms with Gasteiger partial charge in [0.15, 0.2) is 0 Å². The lowest BCUT2D eigenvalue weighted by atomic mass is 10.0. The van der Waals surface area contributed by atoms with Gasteiger partial charge in [0.05, 0.1) is 51.4 Å². The average molecular weight is 517 g/mol. The minimum atomic E-state index is 0.293. The molecule has 39 heavy (non-hydrogen) atoms. The molecule has 0 bridgehead atoms. The molecule has 1 aliphatic carbocycles. The lowest BCUT2D eigenvalue weighted by Gasteiger charge is -2.31. The van der Waals surface area contributed by atoms with E-state index in [0.717, 1.165) is 77.3 Å². The molecule has 0 saturated carbocycles. The van der Waals surface area contributed by atoms with E-state index in [1.807, 2.05) is 24.4 Å². The van der Waals surface area contributed by atoms with E-state index in [2.05, 4.69) is 95.1 Å². The van der Waals surface area contributed by atoms with Gasteiger partial charge in [-0.3, -0.25) is 9.98 Å². The summed E-state index contributed by atoms with van der Waals surface area (Å²) in [6.45, 7) is 10.1. The van der Waals surface area contributed by atoms with E-state index in [-0.39, 0.29) is 0 Å². The number of hydrogen-bond donors (Lipinski definition) is 1. The van der Waals surface area contributed by atoms with Crippen molar-refractivity contribution < 1.29 is 0 Å². The summed E-state index contributed by atoms with van der Waals surface area (Å²) in [5.41, 5.74) is 8.26. The Morgan fingerprint density at radius 3 is 2.51 bits per heavy atom. The molecule has 0 radical (unpaired) electrons. The van der Waals surface area contributed by atoms with Gasteiger partial charge < -0.3 is 14.8 Å². The first kappa shape index (κ1) is 25.3. The topological polar surface area (TPSA) is 58.3 Å². The highest BCUT2D eigenvalue weighted by Crippen LogP contribution is 2.30. The summed E-state index contributed by atoms with van der Waals surface area (Å²) < 4.78 is 2.31. The van der Waals surface area contributed by atoms with E-state index < -0.39 is 0 Å². The Morgan fingerprint density at radius 2 is 1.77 bits per heavy atom. The van der Waals surface area contributed by atoms with E-state index in [9.17, 15) is 0 Å². The summed E-state index contributed by atoms with van der Waals surface area (Å²) in [6, 6.07) is 25.7. The van der Waals surface area contributed by atoms with Crippen molar-refractivity contribution in [2.45, 2.75) is 39.7 Å². The molecule has 2 aliphatic heterocycles. The summed E-state index contributed by atoms with van der Waals surface area (Å²) in [6.07, 6.45) is 5.79. The molecule has 1 fully saturated rings. The Bertz CT molecular complexity index is 1600. The molecule has 0 spiro atoms. The summed E-state index contributed by atoms with van der Waals surface area (Å²) >= 11 is 0. The number of benzene rings is 3. The molecule has 6 nitrogen and oxygen atoms in total. The molecular formula is C33H36N6. The zero-order valence-corrected chi connectivity index (χ0v) is 23.0. The fourth-order valence-corrected chi connectivity index (χ4v) is 5.56. The monoisotopic (exact) mass is 516 g/mol. The highest BCUT2D eigenvalue weighted by Gasteiger charge is 2.21. The Kier molecular flexibility index (Phi) is 7.12. The molecule has 0 atom stereocenters. The molecule has 3 heterocycles. The van der Waals surface area contributed by atoms with Crippen molar-refractivity contribution in [3.63, 3.8) is 0 Å². The lowest BCUT2D eigenvalue weighted by Crippen LogP contribution is -2.38. The molecule has 6 heteroatoms. The third kappa shape index (κ3) is 5.57. The van der Waals surface area contributed by atoms with Gasteiger partial charge in [-0.1, -0.05) is 43.7 Å². The first-order chi connectivity index (χ1) is 19.0. The van der Waals surface area contributed by atoms with Crippen molar-refractivity contribution in [2.24, 2.45) is 10.9 Å². The molecule has 1 aromatic heterocycles. The van der Waals surface area contributed by atoms with Crippen LogP contribution in [0.2, 0.25) is 0 Å². The maximum atomic E-state index is 5.36. The SMILES string of the molecule is Cc1ccc(-n2c3c/c(=N\C4CCN(CC(C)C)CC4)c(Nc4cccnc4)cc-3nc3ccccc32)cc1. The highest BCUT2D eigenvalue weighted by atomic mass is 15.1. The van der Waals surface area contributed by atoms with E-state index in [1.54, 1.807) is 6.20 Å². The fraction of sp³-hybridized carbons (Fsp3) is 0.303. The van der Waals surface area contributed by atoms with Crippen LogP contribution in [-0.4, -0.2) is 45.1 Å². The minimum Gasteiger partial charge on any atom is -0.352 e. The van der Waals surface area contributed by atoms with Crippen molar-refractivity contribution in [1.82, 2.24) is 19.4 Å². The molecule has 1 saturated heterocycles. The number of anilines is 2. The van der Waals surface area contributed by atoms with E-state index in [4.69, 9.17) is 9.98 Å². The van der Waals surface area contributed by atoms with Crippen LogP contribution in [0.15, 0.2) is 90.2 Å². The summed E-state index contributed by atoms with van der Waals surface area (Å²) in [5, 5.41) is 4.55. The number of nitrogens with zero attached hydrogens (tertiary/aromatic N) is 5. The summed E-state index contributed by atoms with van der Waals surface area (Å²) in [4.78, 5) is 17.3. The molecular weight excluding hydrogens is 480 g/mol. The molecule has 3 aromatic rings. The van der Waals surface area contributed by atoms with Crippen LogP contribution in [0.4, 0.5) is 11.4 Å². The average Bonchev–Trinajstić information content (AvgIpc) is 2.94. The predicted octanol–water partition coefficient (Wildman–Crippen LogP) is 6.60. The second-order valence-corrected chi connectivity index (χ2v) is 11.1. The van der Waals surface area contributed by atoms with Crippen molar-refractivity contribution in [1.29, 1.82) is 0 Å². The van der Waals surface area contributed by atoms with Gasteiger partial charge in [-0.15, -0.1) is 0 Å². The van der Waals surface area contributed by atoms with Crippen LogP contribution in [0.25, 0.3) is 28.1 Å². The van der Waals surface area contributed by atoms with Crippen LogP contribution in [0.1, 0.15) is 32.3 Å². The van der Waals surface area contributed by atoms with Crippen molar-refractivity contribution in [2.75, 3.05) is 25.0 Å². The number of hydrogen-bond acceptors (Lipinski definition) is 5. The van der Waals surface area contributed by atoms with Gasteiger partial charge in [0, 0.05) is 31.5 Å². The fourth-order valence-electron chi connectivity index (χ4n) is 5.56. The number of fused-ring (bicyclic) bond motifs is 2. The van der Waals surface area contributed by atoms with Crippen LogP contribution in [-0.2, 0) is 0 Å². The third-order valence-electron chi connectivity index (χ3n) is 7.43. The van der Waals surface area contributed by atoms with E-state index in [0.29, 0.717) is 12.0 Å². The van der Waals surface area contributed by atoms with Gasteiger partial charge >= 0.3 is 0 Å². The molecule has 2 aromatic carbocycles. The summed E-state index contributed by atoms with van der Waals surface area (Å²) in [7, 11) is 0. The number of aryl methyl sites for hydroxylation is 1. The van der Waals surface area contributed by atoms with Crippen molar-refractivity contribution in [3.8, 4) is 17.1 Å². The number of para-hydroxylation sites is 2. The minimum absolute atomic E-state index is 0.293. The zero-order valence-electron chi connectivity index (χ0n) is 23.0. The van der Waals surface area contributed by atoms with Crippen LogP contribution >= 0.6 is 0 Å². The number of piperidine rings is 1. The first-order valence-electron chi connectivity index (χ1n) is 14.0. The van der Waals surface area contributed by atoms with Crippen LogP contribution in [0, 0.1) is 12.8 Å². The molecule has 3 aliphatic rings. The van der Waals surface area contributed by atoms with Crippen LogP contribution in [0.5, 0.6) is 0 Å². The predicted molar refractivity (Wildman–Crippen MR) is 160 cm³/mol. The van der Waals surface area contributed by atoms with Gasteiger partial charge in [-0.2, -0.15) is 0 Å². The van der Waals surface area contributed by atoms with Crippen LogP contribution in [0.3, 0.4) is 0 Å². The number of pyridine rings is 1. The molecule has 198 valence electrons. The lowest BCUT2D eigenvalue weighted by molar-refractivity contribution is 0.192. The normalized spacial score (nSPS) is 15.4. The number of likely N-dealkylation sites (tertiary alicyclic amines) is 1. The number of aromatic nitrogens is 3. The Labute approximate surface area is 230 Å². The number of rotatable bonds is 6. The largest absolute Gasteiger partial charge is 0.352 e. The van der Waals surface area contributed by atoms with Gasteiger partial charge in [0.25, 0.3) is 0 Å². The zero-order chi connectivity index (χ0) is 26.8. The number of nitrogens with one attached hydrogen (secondary N) is 1. The van der Waals surface area contributed by atoms with Gasteiger partial charge in [0.1, 0.15) is 0 Å². The van der Waals surface area contributed by atoms with E-state index in [1.165, 1.54) is 5.56 Å². The maximum absolute atomic E-state index is 5.36. The molecule has 1 N–H and O–H groups in total. The molecule has 6 rings (SSSR count). The standard InChI is InChI=1S/C33H36N6/c1-23(2)22-38-17-14-25(15-18-38)35-30-20-33-31(19-29(30)36-26-7-6-16-34-21-26)37-28-8-4-5-9-32(28)39(33)27-12-10-24(3)11-13-27/h4-13,16,19-21,23,25,36H,14-15,17-18,22H2,1-3H3/b35-30+. The Balaban J connectivity index is 1.51. The quantitative estimate of drug-likeness (QED) is 0.258. The third-order valence-corrected chi connectivity index (χ3v) is 7.43. The van der Waals surface area contributed by atoms with Crippen molar-refractivity contribution in [3.05, 3.63) is 96.1 Å². The van der Waals surface area contributed by atoms with Gasteiger partial charge in [0.2, 0.25) is 0 Å².